The summed E-state index contributed by atoms with van der Waals surface area (Å²) in [6, 6.07) is 4.81. The van der Waals surface area contributed by atoms with Crippen molar-refractivity contribution in [1.29, 1.82) is 0 Å². The van der Waals surface area contributed by atoms with Crippen LogP contribution in [0.2, 0.25) is 0 Å². The van der Waals surface area contributed by atoms with E-state index in [2.05, 4.69) is 43.8 Å². The summed E-state index contributed by atoms with van der Waals surface area (Å²) in [6.45, 7) is 6.44. The second-order valence-corrected chi connectivity index (χ2v) is 5.97. The van der Waals surface area contributed by atoms with Crippen molar-refractivity contribution in [2.45, 2.75) is 39.2 Å². The minimum Gasteiger partial charge on any atom is -0.372 e. The zero-order valence-corrected chi connectivity index (χ0v) is 13.1. The number of rotatable bonds is 5. The number of carbonyl (C=O) groups excluding carboxylic acids is 1. The van der Waals surface area contributed by atoms with Crippen LogP contribution in [0.3, 0.4) is 0 Å². The Hall–Kier alpha value is -1.35. The fourth-order valence-electron chi connectivity index (χ4n) is 3.19. The Morgan fingerprint density at radius 3 is 2.75 bits per heavy atom. The van der Waals surface area contributed by atoms with E-state index >= 15 is 0 Å². The van der Waals surface area contributed by atoms with Gasteiger partial charge in [-0.05, 0) is 63.0 Å². The van der Waals surface area contributed by atoms with E-state index in [1.165, 1.54) is 30.5 Å². The van der Waals surface area contributed by atoms with Gasteiger partial charge in [-0.3, -0.25) is 4.79 Å². The molecule has 2 rings (SSSR count). The fourth-order valence-corrected chi connectivity index (χ4v) is 3.19. The number of likely N-dealkylation sites (N-methyl/N-ethyl adjacent to an activating group) is 2. The van der Waals surface area contributed by atoms with Crippen LogP contribution >= 0.6 is 0 Å². The number of hydrogen-bond acceptors (Lipinski definition) is 3. The molecule has 0 amide bonds. The van der Waals surface area contributed by atoms with Crippen molar-refractivity contribution in [3.63, 3.8) is 0 Å². The summed E-state index contributed by atoms with van der Waals surface area (Å²) in [5.74, 6) is 0. The lowest BCUT2D eigenvalue weighted by molar-refractivity contribution is 0.112. The van der Waals surface area contributed by atoms with E-state index in [4.69, 9.17) is 0 Å². The molecule has 1 heterocycles. The molecule has 1 unspecified atom stereocenters. The predicted molar refractivity (Wildman–Crippen MR) is 84.9 cm³/mol. The largest absolute Gasteiger partial charge is 0.372 e. The number of aldehydes is 1. The van der Waals surface area contributed by atoms with Crippen LogP contribution in [-0.2, 0) is 6.42 Å². The Bertz CT molecular complexity index is 484. The molecular weight excluding hydrogens is 248 g/mol. The number of hydrogen-bond donors (Lipinski definition) is 0. The van der Waals surface area contributed by atoms with Crippen LogP contribution in [0, 0.1) is 6.92 Å². The van der Waals surface area contributed by atoms with Crippen LogP contribution in [-0.4, -0.2) is 44.4 Å². The molecule has 0 aromatic heterocycles. The summed E-state index contributed by atoms with van der Waals surface area (Å²) in [5, 5.41) is 0. The number of nitrogens with zero attached hydrogens (tertiary/aromatic N) is 2. The summed E-state index contributed by atoms with van der Waals surface area (Å²) in [7, 11) is 4.29. The minimum atomic E-state index is 0.602. The number of aryl methyl sites for hydroxylation is 2. The first-order valence-corrected chi connectivity index (χ1v) is 7.56. The van der Waals surface area contributed by atoms with E-state index in [0.717, 1.165) is 30.5 Å². The molecule has 3 heteroatoms. The molecule has 20 heavy (non-hydrogen) atoms. The second kappa shape index (κ2) is 6.40. The Labute approximate surface area is 122 Å². The van der Waals surface area contributed by atoms with Crippen molar-refractivity contribution in [2.24, 2.45) is 0 Å². The zero-order valence-electron chi connectivity index (χ0n) is 13.1. The van der Waals surface area contributed by atoms with E-state index in [-0.39, 0.29) is 0 Å². The molecule has 0 bridgehead atoms. The Morgan fingerprint density at radius 2 is 2.20 bits per heavy atom. The summed E-state index contributed by atoms with van der Waals surface area (Å²) >= 11 is 0. The van der Waals surface area contributed by atoms with Crippen molar-refractivity contribution in [3.05, 3.63) is 28.8 Å². The van der Waals surface area contributed by atoms with Crippen LogP contribution < -0.4 is 4.90 Å². The quantitative estimate of drug-likeness (QED) is 0.771. The summed E-state index contributed by atoms with van der Waals surface area (Å²) in [5.41, 5.74) is 4.42. The molecule has 1 aliphatic rings. The van der Waals surface area contributed by atoms with Crippen LogP contribution in [0.4, 0.5) is 5.69 Å². The van der Waals surface area contributed by atoms with Crippen molar-refractivity contribution in [2.75, 3.05) is 32.1 Å². The smallest absolute Gasteiger partial charge is 0.152 e. The van der Waals surface area contributed by atoms with Gasteiger partial charge in [0.2, 0.25) is 0 Å². The predicted octanol–water partition coefficient (Wildman–Crippen LogP) is 2.90. The highest BCUT2D eigenvalue weighted by atomic mass is 16.1. The first-order chi connectivity index (χ1) is 9.56. The number of carbonyl (C=O) groups is 1. The van der Waals surface area contributed by atoms with Crippen LogP contribution in [0.25, 0.3) is 0 Å². The monoisotopic (exact) mass is 274 g/mol. The molecule has 1 fully saturated rings. The van der Waals surface area contributed by atoms with Crippen molar-refractivity contribution < 1.29 is 4.79 Å². The van der Waals surface area contributed by atoms with Crippen molar-refractivity contribution in [3.8, 4) is 0 Å². The van der Waals surface area contributed by atoms with Gasteiger partial charge in [-0.2, -0.15) is 0 Å². The molecule has 0 aliphatic carbocycles. The van der Waals surface area contributed by atoms with Gasteiger partial charge in [0, 0.05) is 30.9 Å². The number of benzene rings is 1. The topological polar surface area (TPSA) is 23.6 Å². The highest BCUT2D eigenvalue weighted by Gasteiger charge is 2.23. The van der Waals surface area contributed by atoms with Gasteiger partial charge in [-0.1, -0.05) is 6.92 Å². The number of anilines is 1. The van der Waals surface area contributed by atoms with Gasteiger partial charge in [-0.15, -0.1) is 0 Å². The van der Waals surface area contributed by atoms with Gasteiger partial charge in [0.15, 0.2) is 6.29 Å². The van der Waals surface area contributed by atoms with E-state index in [1.54, 1.807) is 0 Å². The summed E-state index contributed by atoms with van der Waals surface area (Å²) in [4.78, 5) is 16.0. The molecule has 1 atom stereocenters. The molecular formula is C17H26N2O. The fraction of sp³-hybridized carbons (Fsp3) is 0.588. The third-order valence-electron chi connectivity index (χ3n) is 4.56. The van der Waals surface area contributed by atoms with E-state index in [0.29, 0.717) is 6.04 Å². The Kier molecular flexibility index (Phi) is 4.81. The average Bonchev–Trinajstić information content (AvgIpc) is 2.84. The average molecular weight is 274 g/mol. The maximum atomic E-state index is 11.4. The molecule has 110 valence electrons. The van der Waals surface area contributed by atoms with Gasteiger partial charge < -0.3 is 9.80 Å². The van der Waals surface area contributed by atoms with E-state index in [9.17, 15) is 4.79 Å². The third kappa shape index (κ3) is 3.04. The van der Waals surface area contributed by atoms with Gasteiger partial charge in [0.25, 0.3) is 0 Å². The summed E-state index contributed by atoms with van der Waals surface area (Å²) in [6.07, 6.45) is 4.50. The normalized spacial score (nSPS) is 19.3. The molecule has 1 saturated heterocycles. The standard InChI is InChI=1S/C17H26N2O/c1-5-14-10-15(12-20)17(9-13(14)2)19(4)11-16-7-6-8-18(16)3/h9-10,12,16H,5-8,11H2,1-4H3. The molecule has 1 aromatic carbocycles. The Morgan fingerprint density at radius 1 is 1.45 bits per heavy atom. The highest BCUT2D eigenvalue weighted by Crippen LogP contribution is 2.25. The lowest BCUT2D eigenvalue weighted by Crippen LogP contribution is -2.37. The lowest BCUT2D eigenvalue weighted by Gasteiger charge is -2.28. The first kappa shape index (κ1) is 15.0. The van der Waals surface area contributed by atoms with Gasteiger partial charge in [0.05, 0.1) is 0 Å². The van der Waals surface area contributed by atoms with Gasteiger partial charge in [-0.25, -0.2) is 0 Å². The molecule has 0 N–H and O–H groups in total. The van der Waals surface area contributed by atoms with Crippen LogP contribution in [0.15, 0.2) is 12.1 Å². The maximum absolute atomic E-state index is 11.4. The highest BCUT2D eigenvalue weighted by molar-refractivity contribution is 5.85. The van der Waals surface area contributed by atoms with Crippen molar-refractivity contribution in [1.82, 2.24) is 4.90 Å². The van der Waals surface area contributed by atoms with Crippen LogP contribution in [0.1, 0.15) is 41.3 Å². The van der Waals surface area contributed by atoms with Gasteiger partial charge >= 0.3 is 0 Å². The molecule has 3 nitrogen and oxygen atoms in total. The maximum Gasteiger partial charge on any atom is 0.152 e. The lowest BCUT2D eigenvalue weighted by atomic mass is 10.0. The SMILES string of the molecule is CCc1cc(C=O)c(N(C)CC2CCCN2C)cc1C. The molecule has 0 spiro atoms. The minimum absolute atomic E-state index is 0.602. The number of likely N-dealkylation sites (tertiary alicyclic amines) is 1. The van der Waals surface area contributed by atoms with Crippen LogP contribution in [0.5, 0.6) is 0 Å². The first-order valence-electron chi connectivity index (χ1n) is 7.56. The zero-order chi connectivity index (χ0) is 14.7. The van der Waals surface area contributed by atoms with Crippen molar-refractivity contribution >= 4 is 12.0 Å². The van der Waals surface area contributed by atoms with E-state index < -0.39 is 0 Å². The summed E-state index contributed by atoms with van der Waals surface area (Å²) < 4.78 is 0. The molecule has 1 aromatic rings. The van der Waals surface area contributed by atoms with E-state index in [1.807, 2.05) is 6.07 Å². The molecule has 0 saturated carbocycles. The molecule has 1 aliphatic heterocycles. The van der Waals surface area contributed by atoms with Gasteiger partial charge in [0.1, 0.15) is 0 Å². The Balaban J connectivity index is 2.22. The molecule has 0 radical (unpaired) electrons. The third-order valence-corrected chi connectivity index (χ3v) is 4.56. The second-order valence-electron chi connectivity index (χ2n) is 5.97.